The van der Waals surface area contributed by atoms with Crippen LogP contribution in [0.25, 0.3) is 0 Å². The van der Waals surface area contributed by atoms with Crippen molar-refractivity contribution in [3.05, 3.63) is 35.6 Å². The Morgan fingerprint density at radius 2 is 2.00 bits per heavy atom. The first-order valence-corrected chi connectivity index (χ1v) is 4.88. The third-order valence-electron chi connectivity index (χ3n) is 2.36. The van der Waals surface area contributed by atoms with Crippen LogP contribution < -0.4 is 0 Å². The number of esters is 1. The van der Waals surface area contributed by atoms with Crippen molar-refractivity contribution in [2.24, 2.45) is 5.92 Å². The largest absolute Gasteiger partial charge is 0.468 e. The van der Waals surface area contributed by atoms with E-state index < -0.39 is 17.7 Å². The minimum Gasteiger partial charge on any atom is -0.468 e. The highest BCUT2D eigenvalue weighted by Crippen LogP contribution is 2.14. The van der Waals surface area contributed by atoms with Gasteiger partial charge in [0.25, 0.3) is 0 Å². The van der Waals surface area contributed by atoms with Gasteiger partial charge in [0.15, 0.2) is 0 Å². The first-order valence-electron chi connectivity index (χ1n) is 4.88. The van der Waals surface area contributed by atoms with E-state index in [0.29, 0.717) is 5.56 Å². The van der Waals surface area contributed by atoms with Crippen molar-refractivity contribution in [1.82, 2.24) is 0 Å². The molecule has 0 radical (unpaired) electrons. The summed E-state index contributed by atoms with van der Waals surface area (Å²) in [7, 11) is 1.21. The van der Waals surface area contributed by atoms with Gasteiger partial charge in [-0.3, -0.25) is 9.59 Å². The summed E-state index contributed by atoms with van der Waals surface area (Å²) >= 11 is 0. The van der Waals surface area contributed by atoms with E-state index in [9.17, 15) is 14.0 Å². The lowest BCUT2D eigenvalue weighted by Gasteiger charge is -2.11. The molecule has 1 atom stereocenters. The predicted octanol–water partition coefficient (Wildman–Crippen LogP) is 1.75. The van der Waals surface area contributed by atoms with Gasteiger partial charge in [0.1, 0.15) is 17.5 Å². The molecule has 3 nitrogen and oxygen atoms in total. The number of Topliss-reactive ketones (excluding diaryl/α,β-unsaturated/α-hetero) is 1. The summed E-state index contributed by atoms with van der Waals surface area (Å²) < 4.78 is 17.8. The van der Waals surface area contributed by atoms with Gasteiger partial charge in [-0.25, -0.2) is 4.39 Å². The average molecular weight is 224 g/mol. The summed E-state index contributed by atoms with van der Waals surface area (Å²) in [5.74, 6) is -2.30. The minimum absolute atomic E-state index is 0.0364. The van der Waals surface area contributed by atoms with Crippen LogP contribution in [0.15, 0.2) is 24.3 Å². The van der Waals surface area contributed by atoms with Gasteiger partial charge in [-0.2, -0.15) is 0 Å². The third kappa shape index (κ3) is 2.89. The molecule has 0 N–H and O–H groups in total. The number of hydrogen-bond donors (Lipinski definition) is 0. The molecule has 0 aliphatic rings. The van der Waals surface area contributed by atoms with Gasteiger partial charge in [-0.05, 0) is 25.0 Å². The zero-order chi connectivity index (χ0) is 12.1. The number of ether oxygens (including phenoxy) is 1. The maximum atomic E-state index is 13.3. The fourth-order valence-electron chi connectivity index (χ4n) is 1.42. The molecule has 0 aliphatic heterocycles. The van der Waals surface area contributed by atoms with E-state index in [1.165, 1.54) is 20.1 Å². The maximum absolute atomic E-state index is 13.3. The maximum Gasteiger partial charge on any atom is 0.316 e. The van der Waals surface area contributed by atoms with Crippen LogP contribution in [0.5, 0.6) is 0 Å². The predicted molar refractivity (Wildman–Crippen MR) is 56.3 cm³/mol. The summed E-state index contributed by atoms with van der Waals surface area (Å²) in [5.41, 5.74) is 0.341. The molecule has 0 spiro atoms. The number of halogens is 1. The van der Waals surface area contributed by atoms with Crippen LogP contribution in [0, 0.1) is 11.7 Å². The van der Waals surface area contributed by atoms with E-state index >= 15 is 0 Å². The van der Waals surface area contributed by atoms with Gasteiger partial charge in [0.05, 0.1) is 7.11 Å². The summed E-state index contributed by atoms with van der Waals surface area (Å²) in [6.07, 6.45) is 0.0364. The highest BCUT2D eigenvalue weighted by molar-refractivity contribution is 5.97. The molecule has 0 saturated carbocycles. The second-order valence-corrected chi connectivity index (χ2v) is 3.48. The Morgan fingerprint density at radius 3 is 2.50 bits per heavy atom. The Hall–Kier alpha value is -1.71. The molecule has 0 saturated heterocycles. The van der Waals surface area contributed by atoms with E-state index in [1.54, 1.807) is 18.2 Å². The van der Waals surface area contributed by atoms with E-state index in [-0.39, 0.29) is 12.2 Å². The molecule has 16 heavy (non-hydrogen) atoms. The molecule has 0 aromatic heterocycles. The quantitative estimate of drug-likeness (QED) is 0.578. The lowest BCUT2D eigenvalue weighted by molar-refractivity contribution is -0.148. The van der Waals surface area contributed by atoms with Crippen molar-refractivity contribution >= 4 is 11.8 Å². The smallest absolute Gasteiger partial charge is 0.316 e. The van der Waals surface area contributed by atoms with E-state index in [4.69, 9.17) is 0 Å². The van der Waals surface area contributed by atoms with Gasteiger partial charge in [0.2, 0.25) is 0 Å². The molecule has 0 aliphatic carbocycles. The lowest BCUT2D eigenvalue weighted by Crippen LogP contribution is -2.25. The van der Waals surface area contributed by atoms with Gasteiger partial charge in [0, 0.05) is 0 Å². The Bertz CT molecular complexity index is 401. The van der Waals surface area contributed by atoms with Crippen LogP contribution in [-0.2, 0) is 20.7 Å². The van der Waals surface area contributed by atoms with Crippen molar-refractivity contribution in [3.63, 3.8) is 0 Å². The Labute approximate surface area is 93.2 Å². The molecule has 0 heterocycles. The molecule has 0 fully saturated rings. The highest BCUT2D eigenvalue weighted by Gasteiger charge is 2.25. The first-order chi connectivity index (χ1) is 7.56. The molecular formula is C12H13FO3. The number of ketones is 1. The Balaban J connectivity index is 2.88. The number of hydrogen-bond acceptors (Lipinski definition) is 3. The lowest BCUT2D eigenvalue weighted by atomic mass is 9.96. The molecule has 1 rings (SSSR count). The summed E-state index contributed by atoms with van der Waals surface area (Å²) in [6, 6.07) is 6.06. The zero-order valence-electron chi connectivity index (χ0n) is 9.20. The topological polar surface area (TPSA) is 43.4 Å². The van der Waals surface area contributed by atoms with Gasteiger partial charge >= 0.3 is 5.97 Å². The van der Waals surface area contributed by atoms with Crippen LogP contribution in [-0.4, -0.2) is 18.9 Å². The SMILES string of the molecule is COC(=O)[C@H](Cc1ccccc1F)C(C)=O. The fraction of sp³-hybridized carbons (Fsp3) is 0.333. The van der Waals surface area contributed by atoms with Crippen molar-refractivity contribution in [2.45, 2.75) is 13.3 Å². The number of rotatable bonds is 4. The van der Waals surface area contributed by atoms with Gasteiger partial charge in [-0.15, -0.1) is 0 Å². The van der Waals surface area contributed by atoms with Crippen molar-refractivity contribution in [3.8, 4) is 0 Å². The fourth-order valence-corrected chi connectivity index (χ4v) is 1.42. The first kappa shape index (κ1) is 12.4. The van der Waals surface area contributed by atoms with Crippen LogP contribution >= 0.6 is 0 Å². The minimum atomic E-state index is -0.929. The Morgan fingerprint density at radius 1 is 1.38 bits per heavy atom. The normalized spacial score (nSPS) is 11.9. The Kier molecular flexibility index (Phi) is 4.17. The zero-order valence-corrected chi connectivity index (χ0v) is 9.20. The summed E-state index contributed by atoms with van der Waals surface area (Å²) in [6.45, 7) is 1.29. The van der Waals surface area contributed by atoms with Gasteiger partial charge in [-0.1, -0.05) is 18.2 Å². The van der Waals surface area contributed by atoms with Gasteiger partial charge < -0.3 is 4.74 Å². The van der Waals surface area contributed by atoms with Crippen molar-refractivity contribution in [1.29, 1.82) is 0 Å². The second kappa shape index (κ2) is 5.39. The molecule has 86 valence electrons. The number of carbonyl (C=O) groups is 2. The van der Waals surface area contributed by atoms with E-state index in [2.05, 4.69) is 4.74 Å². The summed E-state index contributed by atoms with van der Waals surface area (Å²) in [5, 5.41) is 0. The van der Waals surface area contributed by atoms with Crippen LogP contribution in [0.1, 0.15) is 12.5 Å². The van der Waals surface area contributed by atoms with Crippen LogP contribution in [0.3, 0.4) is 0 Å². The molecule has 1 aromatic carbocycles. The number of carbonyl (C=O) groups excluding carboxylic acids is 2. The van der Waals surface area contributed by atoms with E-state index in [0.717, 1.165) is 0 Å². The third-order valence-corrected chi connectivity index (χ3v) is 2.36. The second-order valence-electron chi connectivity index (χ2n) is 3.48. The highest BCUT2D eigenvalue weighted by atomic mass is 19.1. The molecular weight excluding hydrogens is 211 g/mol. The number of benzene rings is 1. The van der Waals surface area contributed by atoms with Crippen molar-refractivity contribution in [2.75, 3.05) is 7.11 Å². The standard InChI is InChI=1S/C12H13FO3/c1-8(14)10(12(15)16-2)7-9-5-3-4-6-11(9)13/h3-6,10H,7H2,1-2H3/t10-/m1/s1. The summed E-state index contributed by atoms with van der Waals surface area (Å²) in [4.78, 5) is 22.5. The molecule has 4 heteroatoms. The monoisotopic (exact) mass is 224 g/mol. The average Bonchev–Trinajstić information content (AvgIpc) is 2.26. The van der Waals surface area contributed by atoms with E-state index in [1.807, 2.05) is 0 Å². The molecule has 1 aromatic rings. The molecule has 0 bridgehead atoms. The van der Waals surface area contributed by atoms with Crippen LogP contribution in [0.2, 0.25) is 0 Å². The molecule has 0 amide bonds. The molecule has 0 unspecified atom stereocenters. The number of methoxy groups -OCH3 is 1. The van der Waals surface area contributed by atoms with Crippen molar-refractivity contribution < 1.29 is 18.7 Å². The van der Waals surface area contributed by atoms with Crippen LogP contribution in [0.4, 0.5) is 4.39 Å².